The molecule has 2 N–H and O–H groups in total. The van der Waals surface area contributed by atoms with Gasteiger partial charge < -0.3 is 20.1 Å². The molecule has 24 heavy (non-hydrogen) atoms. The van der Waals surface area contributed by atoms with Crippen molar-refractivity contribution in [3.63, 3.8) is 0 Å². The van der Waals surface area contributed by atoms with E-state index in [0.717, 1.165) is 32.4 Å². The third kappa shape index (κ3) is 5.74. The lowest BCUT2D eigenvalue weighted by Gasteiger charge is -2.34. The van der Waals surface area contributed by atoms with Crippen LogP contribution in [0.15, 0.2) is 30.3 Å². The molecule has 1 atom stereocenters. The molecule has 0 saturated carbocycles. The molecule has 1 aromatic rings. The fraction of sp³-hybridized carbons (Fsp3) is 0.611. The van der Waals surface area contributed by atoms with Crippen molar-refractivity contribution in [2.24, 2.45) is 0 Å². The maximum Gasteiger partial charge on any atom is 0.252 e. The second-order valence-corrected chi connectivity index (χ2v) is 5.98. The number of carbonyl (C=O) groups excluding carboxylic acids is 1. The van der Waals surface area contributed by atoms with Gasteiger partial charge in [-0.25, -0.2) is 0 Å². The summed E-state index contributed by atoms with van der Waals surface area (Å²) in [5.74, 6) is -0.00221. The molecule has 1 unspecified atom stereocenters. The minimum Gasteiger partial charge on any atom is -0.374 e. The highest BCUT2D eigenvalue weighted by atomic mass is 35.5. The Morgan fingerprint density at radius 3 is 2.58 bits per heavy atom. The molecule has 1 heterocycles. The predicted molar refractivity (Wildman–Crippen MR) is 97.5 cm³/mol. The Labute approximate surface area is 150 Å². The van der Waals surface area contributed by atoms with Crippen LogP contribution >= 0.6 is 12.4 Å². The lowest BCUT2D eigenvalue weighted by Crippen LogP contribution is -2.54. The number of hydrogen-bond donors (Lipinski definition) is 2. The first kappa shape index (κ1) is 20.9. The summed E-state index contributed by atoms with van der Waals surface area (Å²) >= 11 is 0. The van der Waals surface area contributed by atoms with Gasteiger partial charge in [0, 0.05) is 20.3 Å². The molecular formula is C18H29ClN2O3. The van der Waals surface area contributed by atoms with Gasteiger partial charge in [0.1, 0.15) is 5.60 Å². The van der Waals surface area contributed by atoms with E-state index in [2.05, 4.69) is 22.8 Å². The zero-order valence-corrected chi connectivity index (χ0v) is 15.4. The Balaban J connectivity index is 0.00000288. The van der Waals surface area contributed by atoms with Gasteiger partial charge in [-0.15, -0.1) is 12.4 Å². The summed E-state index contributed by atoms with van der Waals surface area (Å²) < 4.78 is 11.3. The molecular weight excluding hydrogens is 328 g/mol. The minimum atomic E-state index is -0.663. The first-order chi connectivity index (χ1) is 11.2. The van der Waals surface area contributed by atoms with Crippen molar-refractivity contribution in [1.82, 2.24) is 10.6 Å². The average molecular weight is 357 g/mol. The quantitative estimate of drug-likeness (QED) is 0.702. The summed E-state index contributed by atoms with van der Waals surface area (Å²) in [6.45, 7) is 4.91. The SMILES string of the molecule is COC1(C(=O)NCCCOC(C)c2ccccc2)CCNCC1.Cl. The number of rotatable bonds is 8. The van der Waals surface area contributed by atoms with E-state index in [1.54, 1.807) is 7.11 Å². The van der Waals surface area contributed by atoms with Crippen molar-refractivity contribution in [3.8, 4) is 0 Å². The Morgan fingerprint density at radius 2 is 1.96 bits per heavy atom. The summed E-state index contributed by atoms with van der Waals surface area (Å²) in [7, 11) is 1.62. The van der Waals surface area contributed by atoms with Crippen LogP contribution in [0, 0.1) is 0 Å². The molecule has 1 aliphatic rings. The fourth-order valence-electron chi connectivity index (χ4n) is 2.87. The number of carbonyl (C=O) groups is 1. The highest BCUT2D eigenvalue weighted by molar-refractivity contribution is 5.85. The Morgan fingerprint density at radius 1 is 1.29 bits per heavy atom. The standard InChI is InChI=1S/C18H28N2O3.ClH/c1-15(16-7-4-3-5-8-16)23-14-6-11-20-17(21)18(22-2)9-12-19-13-10-18;/h3-5,7-8,15,19H,6,9-14H2,1-2H3,(H,20,21);1H. The number of hydrogen-bond acceptors (Lipinski definition) is 4. The molecule has 0 aromatic heterocycles. The van der Waals surface area contributed by atoms with E-state index < -0.39 is 5.60 Å². The summed E-state index contributed by atoms with van der Waals surface area (Å²) in [4.78, 5) is 12.4. The van der Waals surface area contributed by atoms with Crippen molar-refractivity contribution in [2.45, 2.75) is 37.9 Å². The Kier molecular flexibility index (Phi) is 9.29. The van der Waals surface area contributed by atoms with Crippen LogP contribution in [-0.4, -0.2) is 44.9 Å². The lowest BCUT2D eigenvalue weighted by molar-refractivity contribution is -0.146. The van der Waals surface area contributed by atoms with Crippen molar-refractivity contribution in [3.05, 3.63) is 35.9 Å². The van der Waals surface area contributed by atoms with Gasteiger partial charge in [-0.2, -0.15) is 0 Å². The van der Waals surface area contributed by atoms with Gasteiger partial charge in [0.25, 0.3) is 5.91 Å². The van der Waals surface area contributed by atoms with Crippen LogP contribution in [-0.2, 0) is 14.3 Å². The molecule has 1 aromatic carbocycles. The van der Waals surface area contributed by atoms with Crippen LogP contribution in [0.3, 0.4) is 0 Å². The molecule has 0 radical (unpaired) electrons. The van der Waals surface area contributed by atoms with Crippen molar-refractivity contribution in [2.75, 3.05) is 33.4 Å². The fourth-order valence-corrected chi connectivity index (χ4v) is 2.87. The highest BCUT2D eigenvalue weighted by Gasteiger charge is 2.39. The second-order valence-electron chi connectivity index (χ2n) is 5.98. The molecule has 2 rings (SSSR count). The summed E-state index contributed by atoms with van der Waals surface area (Å²) in [6, 6.07) is 10.1. The maximum absolute atomic E-state index is 12.4. The smallest absolute Gasteiger partial charge is 0.252 e. The van der Waals surface area contributed by atoms with Gasteiger partial charge in [0.15, 0.2) is 0 Å². The number of piperidine rings is 1. The summed E-state index contributed by atoms with van der Waals surface area (Å²) in [6.07, 6.45) is 2.30. The number of methoxy groups -OCH3 is 1. The Bertz CT molecular complexity index is 478. The number of halogens is 1. The van der Waals surface area contributed by atoms with E-state index in [0.29, 0.717) is 13.2 Å². The molecule has 0 bridgehead atoms. The summed E-state index contributed by atoms with van der Waals surface area (Å²) in [5.41, 5.74) is 0.508. The summed E-state index contributed by atoms with van der Waals surface area (Å²) in [5, 5.41) is 6.24. The monoisotopic (exact) mass is 356 g/mol. The predicted octanol–water partition coefficient (Wildman–Crippen LogP) is 2.46. The maximum atomic E-state index is 12.4. The van der Waals surface area contributed by atoms with Gasteiger partial charge >= 0.3 is 0 Å². The highest BCUT2D eigenvalue weighted by Crippen LogP contribution is 2.22. The van der Waals surface area contributed by atoms with Gasteiger partial charge in [0.05, 0.1) is 6.10 Å². The van der Waals surface area contributed by atoms with Crippen LogP contribution in [0.25, 0.3) is 0 Å². The molecule has 5 nitrogen and oxygen atoms in total. The molecule has 6 heteroatoms. The topological polar surface area (TPSA) is 59.6 Å². The minimum absolute atomic E-state index is 0. The molecule has 1 fully saturated rings. The van der Waals surface area contributed by atoms with Crippen molar-refractivity contribution in [1.29, 1.82) is 0 Å². The van der Waals surface area contributed by atoms with Crippen molar-refractivity contribution >= 4 is 18.3 Å². The van der Waals surface area contributed by atoms with E-state index in [9.17, 15) is 4.79 Å². The van der Waals surface area contributed by atoms with Gasteiger partial charge in [0.2, 0.25) is 0 Å². The number of nitrogens with one attached hydrogen (secondary N) is 2. The first-order valence-corrected chi connectivity index (χ1v) is 8.39. The number of benzene rings is 1. The third-order valence-electron chi connectivity index (χ3n) is 4.46. The van der Waals surface area contributed by atoms with E-state index in [-0.39, 0.29) is 24.4 Å². The van der Waals surface area contributed by atoms with Crippen LogP contribution in [0.4, 0.5) is 0 Å². The van der Waals surface area contributed by atoms with Gasteiger partial charge in [-0.1, -0.05) is 30.3 Å². The lowest BCUT2D eigenvalue weighted by atomic mass is 9.91. The molecule has 0 aliphatic carbocycles. The largest absolute Gasteiger partial charge is 0.374 e. The van der Waals surface area contributed by atoms with E-state index in [1.807, 2.05) is 25.1 Å². The molecule has 1 aliphatic heterocycles. The number of amides is 1. The van der Waals surface area contributed by atoms with Crippen molar-refractivity contribution < 1.29 is 14.3 Å². The first-order valence-electron chi connectivity index (χ1n) is 8.39. The van der Waals surface area contributed by atoms with Crippen LogP contribution in [0.5, 0.6) is 0 Å². The van der Waals surface area contributed by atoms with Crippen LogP contribution < -0.4 is 10.6 Å². The number of ether oxygens (including phenoxy) is 2. The molecule has 136 valence electrons. The van der Waals surface area contributed by atoms with Gasteiger partial charge in [-0.05, 0) is 44.8 Å². The van der Waals surface area contributed by atoms with E-state index in [4.69, 9.17) is 9.47 Å². The van der Waals surface area contributed by atoms with Crippen LogP contribution in [0.1, 0.15) is 37.9 Å². The Hall–Kier alpha value is -1.14. The van der Waals surface area contributed by atoms with E-state index in [1.165, 1.54) is 5.56 Å². The zero-order valence-electron chi connectivity index (χ0n) is 14.5. The van der Waals surface area contributed by atoms with Crippen LogP contribution in [0.2, 0.25) is 0 Å². The zero-order chi connectivity index (χ0) is 16.5. The molecule has 0 spiro atoms. The molecule has 1 saturated heterocycles. The third-order valence-corrected chi connectivity index (χ3v) is 4.46. The van der Waals surface area contributed by atoms with Gasteiger partial charge in [-0.3, -0.25) is 4.79 Å². The average Bonchev–Trinajstić information content (AvgIpc) is 2.62. The normalized spacial score (nSPS) is 17.6. The van der Waals surface area contributed by atoms with E-state index >= 15 is 0 Å². The second kappa shape index (κ2) is 10.7. The molecule has 1 amide bonds.